The first kappa shape index (κ1) is 24.3. The maximum atomic E-state index is 14.0. The number of Topliss-reactive ketones (excluding diaryl/α,β-unsaturated/α-hetero) is 1. The van der Waals surface area contributed by atoms with E-state index in [1.165, 1.54) is 73.6 Å². The quantitative estimate of drug-likeness (QED) is 0.336. The Morgan fingerprint density at radius 2 is 1.58 bits per heavy atom. The number of nitrogens with zero attached hydrogens (tertiary/aromatic N) is 2. The zero-order valence-electron chi connectivity index (χ0n) is 21.3. The molecule has 1 fully saturated rings. The van der Waals surface area contributed by atoms with Gasteiger partial charge in [0.1, 0.15) is 0 Å². The van der Waals surface area contributed by atoms with Crippen LogP contribution in [0.4, 0.5) is 5.69 Å². The lowest BCUT2D eigenvalue weighted by molar-refractivity contribution is 0.0870. The highest BCUT2D eigenvalue weighted by Crippen LogP contribution is 2.50. The molecule has 2 aromatic rings. The summed E-state index contributed by atoms with van der Waals surface area (Å²) in [6, 6.07) is 11.2. The Balaban J connectivity index is 1.72. The molecule has 0 unspecified atom stereocenters. The van der Waals surface area contributed by atoms with Gasteiger partial charge >= 0.3 is 0 Å². The molecule has 180 valence electrons. The number of ketones is 1. The molecule has 2 aromatic carbocycles. The Morgan fingerprint density at radius 1 is 0.818 bits per heavy atom. The fourth-order valence-corrected chi connectivity index (χ4v) is 6.36. The second-order valence-corrected chi connectivity index (χ2v) is 10.4. The van der Waals surface area contributed by atoms with Crippen LogP contribution in [0.1, 0.15) is 101 Å². The van der Waals surface area contributed by atoms with Gasteiger partial charge in [-0.15, -0.1) is 0 Å². The molecule has 0 bridgehead atoms. The van der Waals surface area contributed by atoms with Crippen LogP contribution in [0.3, 0.4) is 0 Å². The van der Waals surface area contributed by atoms with Crippen LogP contribution in [-0.4, -0.2) is 43.4 Å². The van der Waals surface area contributed by atoms with E-state index < -0.39 is 0 Å². The van der Waals surface area contributed by atoms with Gasteiger partial charge in [-0.05, 0) is 55.8 Å². The van der Waals surface area contributed by atoms with Crippen molar-refractivity contribution in [3.63, 3.8) is 0 Å². The Kier molecular flexibility index (Phi) is 8.11. The fraction of sp³-hybridized carbons (Fsp3) is 0.633. The molecule has 33 heavy (non-hydrogen) atoms. The van der Waals surface area contributed by atoms with Crippen molar-refractivity contribution in [2.45, 2.75) is 90.4 Å². The van der Waals surface area contributed by atoms with Crippen LogP contribution < -0.4 is 4.90 Å². The molecule has 4 rings (SSSR count). The molecule has 0 radical (unpaired) electrons. The minimum absolute atomic E-state index is 0.304. The van der Waals surface area contributed by atoms with Crippen LogP contribution in [0, 0.1) is 0 Å². The van der Waals surface area contributed by atoms with E-state index in [2.05, 4.69) is 60.9 Å². The number of benzene rings is 2. The molecule has 1 heterocycles. The lowest BCUT2D eigenvalue weighted by Gasteiger charge is -2.30. The number of anilines is 1. The van der Waals surface area contributed by atoms with Crippen LogP contribution in [0.25, 0.3) is 10.8 Å². The molecular weight excluding hydrogens is 404 g/mol. The van der Waals surface area contributed by atoms with Crippen molar-refractivity contribution in [1.29, 1.82) is 0 Å². The Bertz CT molecular complexity index is 940. The predicted molar refractivity (Wildman–Crippen MR) is 142 cm³/mol. The minimum Gasteiger partial charge on any atom is -0.370 e. The van der Waals surface area contributed by atoms with Crippen LogP contribution in [-0.2, 0) is 5.41 Å². The van der Waals surface area contributed by atoms with Crippen molar-refractivity contribution in [3.8, 4) is 0 Å². The average molecular weight is 449 g/mol. The Labute approximate surface area is 201 Å². The summed E-state index contributed by atoms with van der Waals surface area (Å²) < 4.78 is 0. The summed E-state index contributed by atoms with van der Waals surface area (Å²) in [4.78, 5) is 19.2. The van der Waals surface area contributed by atoms with Crippen molar-refractivity contribution in [2.75, 3.05) is 37.6 Å². The maximum absolute atomic E-state index is 14.0. The van der Waals surface area contributed by atoms with Gasteiger partial charge in [0.25, 0.3) is 0 Å². The van der Waals surface area contributed by atoms with Gasteiger partial charge in [-0.25, -0.2) is 0 Å². The average Bonchev–Trinajstić information content (AvgIpc) is 2.96. The smallest absolute Gasteiger partial charge is 0.174 e. The van der Waals surface area contributed by atoms with E-state index >= 15 is 0 Å². The minimum atomic E-state index is -0.304. The lowest BCUT2D eigenvalue weighted by atomic mass is 9.72. The van der Waals surface area contributed by atoms with Gasteiger partial charge in [0, 0.05) is 36.3 Å². The van der Waals surface area contributed by atoms with Crippen molar-refractivity contribution < 1.29 is 4.79 Å². The first-order valence-electron chi connectivity index (χ1n) is 13.7. The van der Waals surface area contributed by atoms with E-state index in [-0.39, 0.29) is 5.41 Å². The summed E-state index contributed by atoms with van der Waals surface area (Å²) >= 11 is 0. The molecule has 1 aliphatic heterocycles. The van der Waals surface area contributed by atoms with Gasteiger partial charge < -0.3 is 9.80 Å². The van der Waals surface area contributed by atoms with E-state index in [1.54, 1.807) is 0 Å². The first-order chi connectivity index (χ1) is 16.2. The molecule has 1 saturated heterocycles. The van der Waals surface area contributed by atoms with Crippen molar-refractivity contribution in [1.82, 2.24) is 4.90 Å². The predicted octanol–water partition coefficient (Wildman–Crippen LogP) is 7.36. The van der Waals surface area contributed by atoms with Gasteiger partial charge in [0.2, 0.25) is 0 Å². The highest BCUT2D eigenvalue weighted by atomic mass is 16.1. The van der Waals surface area contributed by atoms with Crippen LogP contribution >= 0.6 is 0 Å². The molecule has 3 nitrogen and oxygen atoms in total. The largest absolute Gasteiger partial charge is 0.370 e. The molecule has 0 amide bonds. The summed E-state index contributed by atoms with van der Waals surface area (Å²) in [6.07, 6.45) is 11.5. The zero-order valence-corrected chi connectivity index (χ0v) is 21.3. The van der Waals surface area contributed by atoms with Gasteiger partial charge in [-0.2, -0.15) is 0 Å². The van der Waals surface area contributed by atoms with E-state index in [0.717, 1.165) is 50.9 Å². The third-order valence-corrected chi connectivity index (χ3v) is 8.10. The fourth-order valence-electron chi connectivity index (χ4n) is 6.36. The number of carbonyl (C=O) groups is 1. The third kappa shape index (κ3) is 4.71. The van der Waals surface area contributed by atoms with E-state index in [9.17, 15) is 4.79 Å². The number of hydrogen-bond acceptors (Lipinski definition) is 3. The highest BCUT2D eigenvalue weighted by molar-refractivity contribution is 6.22. The second kappa shape index (κ2) is 11.0. The third-order valence-electron chi connectivity index (χ3n) is 8.10. The van der Waals surface area contributed by atoms with E-state index in [4.69, 9.17) is 0 Å². The van der Waals surface area contributed by atoms with Crippen molar-refractivity contribution in [2.24, 2.45) is 0 Å². The highest BCUT2D eigenvalue weighted by Gasteiger charge is 2.46. The van der Waals surface area contributed by atoms with Crippen LogP contribution in [0.15, 0.2) is 30.3 Å². The van der Waals surface area contributed by atoms with Gasteiger partial charge in [-0.1, -0.05) is 83.6 Å². The van der Waals surface area contributed by atoms with Crippen molar-refractivity contribution in [3.05, 3.63) is 41.5 Å². The summed E-state index contributed by atoms with van der Waals surface area (Å²) in [7, 11) is 0. The number of carbonyl (C=O) groups excluding carboxylic acids is 1. The van der Waals surface area contributed by atoms with Crippen LogP contribution in [0.2, 0.25) is 0 Å². The molecule has 3 heteroatoms. The molecular formula is C30H44N2O. The molecule has 2 aliphatic rings. The monoisotopic (exact) mass is 448 g/mol. The van der Waals surface area contributed by atoms with Gasteiger partial charge in [-0.3, -0.25) is 4.79 Å². The molecule has 0 atom stereocenters. The van der Waals surface area contributed by atoms with E-state index in [0.29, 0.717) is 5.78 Å². The lowest BCUT2D eigenvalue weighted by Crippen LogP contribution is -2.32. The summed E-state index contributed by atoms with van der Waals surface area (Å²) in [5.74, 6) is 0.400. The zero-order chi connectivity index (χ0) is 23.3. The summed E-state index contributed by atoms with van der Waals surface area (Å²) in [6.45, 7) is 12.5. The topological polar surface area (TPSA) is 23.6 Å². The molecule has 0 aromatic heterocycles. The van der Waals surface area contributed by atoms with Gasteiger partial charge in [0.05, 0.1) is 5.41 Å². The molecule has 0 N–H and O–H groups in total. The number of unbranched alkanes of at least 4 members (excludes halogenated alkanes) is 4. The SMILES string of the molecule is CCCCCC1(CCCCC)C(=O)c2cccc3c(N4CCCN(CCC)CC4)ccc1c23. The number of hydrogen-bond donors (Lipinski definition) is 0. The second-order valence-electron chi connectivity index (χ2n) is 10.4. The van der Waals surface area contributed by atoms with Crippen molar-refractivity contribution >= 4 is 22.2 Å². The Morgan fingerprint density at radius 3 is 2.27 bits per heavy atom. The number of rotatable bonds is 11. The standard InChI is InChI=1S/C30H44N2O/c1-4-7-9-17-30(18-10-8-5-2)26-15-16-27(24-13-11-14-25(28(24)26)29(30)33)32-21-12-20-31(19-6-3)22-23-32/h11,13-16H,4-10,12,17-23H2,1-3H3. The molecule has 0 spiro atoms. The summed E-state index contributed by atoms with van der Waals surface area (Å²) in [5, 5.41) is 2.57. The molecule has 1 aliphatic carbocycles. The van der Waals surface area contributed by atoms with E-state index in [1.807, 2.05) is 0 Å². The van der Waals surface area contributed by atoms with Crippen LogP contribution in [0.5, 0.6) is 0 Å². The normalized spacial score (nSPS) is 18.3. The summed E-state index contributed by atoms with van der Waals surface area (Å²) in [5.41, 5.74) is 3.34. The maximum Gasteiger partial charge on any atom is 0.174 e. The molecule has 0 saturated carbocycles. The van der Waals surface area contributed by atoms with Gasteiger partial charge in [0.15, 0.2) is 5.78 Å². The first-order valence-corrected chi connectivity index (χ1v) is 13.7. The Hall–Kier alpha value is -1.87.